The van der Waals surface area contributed by atoms with Gasteiger partial charge in [0.25, 0.3) is 0 Å². The van der Waals surface area contributed by atoms with Crippen LogP contribution in [0.4, 0.5) is 10.2 Å². The minimum Gasteiger partial charge on any atom is -0.469 e. The van der Waals surface area contributed by atoms with E-state index in [2.05, 4.69) is 15.0 Å². The SMILES string of the molecule is CSC(=S)OC1C(COC(c2ccccc2)(c2ccccc2)c2ccccc2)OC(n2cnc3c(N)ncnc32)C1F. The normalized spacial score (nSPS) is 20.5. The van der Waals surface area contributed by atoms with Gasteiger partial charge >= 0.3 is 0 Å². The van der Waals surface area contributed by atoms with Gasteiger partial charge in [-0.15, -0.1) is 0 Å². The molecule has 11 heteroatoms. The molecule has 0 amide bonds. The van der Waals surface area contributed by atoms with Crippen LogP contribution < -0.4 is 5.73 Å². The average molecular weight is 602 g/mol. The molecular formula is C31H28FN5O3S2. The molecule has 5 aromatic rings. The number of hydrogen-bond donors (Lipinski definition) is 1. The lowest BCUT2D eigenvalue weighted by Gasteiger charge is -2.37. The third-order valence-corrected chi connectivity index (χ3v) is 8.36. The van der Waals surface area contributed by atoms with Crippen molar-refractivity contribution >= 4 is 45.3 Å². The number of rotatable bonds is 8. The lowest BCUT2D eigenvalue weighted by molar-refractivity contribution is -0.0916. The maximum Gasteiger partial charge on any atom is 0.220 e. The molecule has 2 N–H and O–H groups in total. The molecule has 42 heavy (non-hydrogen) atoms. The van der Waals surface area contributed by atoms with Gasteiger partial charge in [0.15, 0.2) is 30.0 Å². The number of hydrogen-bond acceptors (Lipinski definition) is 9. The standard InChI is InChI=1S/C31H28FN5O3S2/c1-42-30(41)40-26-23(39-29(24(26)32)37-19-36-25-27(33)34-18-35-28(25)37)17-38-31(20-11-5-2-6-12-20,21-13-7-3-8-14-21)22-15-9-4-10-16-22/h2-16,18-19,23-24,26,29H,17H2,1H3,(H2,33,34,35). The van der Waals surface area contributed by atoms with Gasteiger partial charge in [-0.25, -0.2) is 19.3 Å². The molecule has 0 saturated carbocycles. The molecule has 3 aromatic carbocycles. The summed E-state index contributed by atoms with van der Waals surface area (Å²) in [4.78, 5) is 12.5. The van der Waals surface area contributed by atoms with Crippen LogP contribution in [0.2, 0.25) is 0 Å². The van der Waals surface area contributed by atoms with Crippen molar-refractivity contribution < 1.29 is 18.6 Å². The largest absolute Gasteiger partial charge is 0.469 e. The Kier molecular flexibility index (Phi) is 8.16. The van der Waals surface area contributed by atoms with E-state index >= 15 is 4.39 Å². The summed E-state index contributed by atoms with van der Waals surface area (Å²) in [5.74, 6) is 0.196. The van der Waals surface area contributed by atoms with Gasteiger partial charge in [-0.2, -0.15) is 0 Å². The molecule has 3 heterocycles. The zero-order valence-corrected chi connectivity index (χ0v) is 24.2. The molecule has 8 nitrogen and oxygen atoms in total. The number of thiocarbonyl (C=S) groups is 1. The van der Waals surface area contributed by atoms with Crippen molar-refractivity contribution in [1.29, 1.82) is 0 Å². The van der Waals surface area contributed by atoms with Crippen molar-refractivity contribution in [2.45, 2.75) is 30.2 Å². The fourth-order valence-electron chi connectivity index (χ4n) is 5.38. The van der Waals surface area contributed by atoms with E-state index in [0.29, 0.717) is 11.2 Å². The molecular weight excluding hydrogens is 574 g/mol. The zero-order chi connectivity index (χ0) is 29.1. The van der Waals surface area contributed by atoms with Gasteiger partial charge in [-0.3, -0.25) is 4.57 Å². The van der Waals surface area contributed by atoms with E-state index in [1.807, 2.05) is 91.0 Å². The van der Waals surface area contributed by atoms with Crippen LogP contribution >= 0.6 is 24.0 Å². The van der Waals surface area contributed by atoms with Crippen LogP contribution in [-0.4, -0.2) is 55.1 Å². The Morgan fingerprint density at radius 1 is 0.952 bits per heavy atom. The first-order valence-electron chi connectivity index (χ1n) is 13.3. The van der Waals surface area contributed by atoms with Gasteiger partial charge in [0.1, 0.15) is 23.5 Å². The number of ether oxygens (including phenoxy) is 3. The molecule has 0 spiro atoms. The Hall–Kier alpha value is -3.90. The highest BCUT2D eigenvalue weighted by Crippen LogP contribution is 2.43. The number of benzene rings is 3. The van der Waals surface area contributed by atoms with Crippen molar-refractivity contribution in [2.24, 2.45) is 0 Å². The Bertz CT molecular complexity index is 1560. The summed E-state index contributed by atoms with van der Waals surface area (Å²) < 4.78 is 37.3. The Morgan fingerprint density at radius 2 is 1.52 bits per heavy atom. The Morgan fingerprint density at radius 3 is 2.07 bits per heavy atom. The van der Waals surface area contributed by atoms with Gasteiger partial charge in [-0.05, 0) is 35.2 Å². The number of anilines is 1. The van der Waals surface area contributed by atoms with Crippen molar-refractivity contribution in [3.8, 4) is 0 Å². The van der Waals surface area contributed by atoms with Gasteiger partial charge in [0.05, 0.1) is 12.9 Å². The van der Waals surface area contributed by atoms with Gasteiger partial charge in [-0.1, -0.05) is 103 Å². The lowest BCUT2D eigenvalue weighted by Crippen LogP contribution is -2.40. The second-order valence-electron chi connectivity index (χ2n) is 9.72. The van der Waals surface area contributed by atoms with Crippen LogP contribution in [0.25, 0.3) is 11.2 Å². The molecule has 1 saturated heterocycles. The van der Waals surface area contributed by atoms with Crippen LogP contribution in [0.5, 0.6) is 0 Å². The number of thioether (sulfide) groups is 1. The van der Waals surface area contributed by atoms with Crippen LogP contribution in [0.15, 0.2) is 104 Å². The van der Waals surface area contributed by atoms with Crippen molar-refractivity contribution in [1.82, 2.24) is 19.5 Å². The van der Waals surface area contributed by atoms with E-state index < -0.39 is 30.2 Å². The van der Waals surface area contributed by atoms with E-state index in [1.54, 1.807) is 6.26 Å². The smallest absolute Gasteiger partial charge is 0.220 e. The Labute approximate surface area is 252 Å². The summed E-state index contributed by atoms with van der Waals surface area (Å²) >= 11 is 6.56. The van der Waals surface area contributed by atoms with Crippen molar-refractivity contribution in [2.75, 3.05) is 18.6 Å². The minimum atomic E-state index is -1.61. The summed E-state index contributed by atoms with van der Waals surface area (Å²) in [6.07, 6.45) is -0.0631. The number of fused-ring (bicyclic) bond motifs is 1. The van der Waals surface area contributed by atoms with Gasteiger partial charge in [0.2, 0.25) is 4.38 Å². The molecule has 0 bridgehead atoms. The number of nitrogens with two attached hydrogens (primary N) is 1. The van der Waals surface area contributed by atoms with Crippen LogP contribution in [0.3, 0.4) is 0 Å². The minimum absolute atomic E-state index is 0.0129. The maximum absolute atomic E-state index is 16.3. The molecule has 0 aliphatic carbocycles. The second kappa shape index (κ2) is 12.1. The monoisotopic (exact) mass is 601 g/mol. The van der Waals surface area contributed by atoms with E-state index in [9.17, 15) is 0 Å². The zero-order valence-electron chi connectivity index (χ0n) is 22.6. The number of nitrogens with zero attached hydrogens (tertiary/aromatic N) is 4. The molecule has 2 aromatic heterocycles. The molecule has 6 rings (SSSR count). The summed E-state index contributed by atoms with van der Waals surface area (Å²) in [6.45, 7) is -0.0129. The fourth-order valence-corrected chi connectivity index (χ4v) is 5.70. The highest BCUT2D eigenvalue weighted by molar-refractivity contribution is 8.22. The van der Waals surface area contributed by atoms with Crippen LogP contribution in [-0.2, 0) is 19.8 Å². The highest BCUT2D eigenvalue weighted by Gasteiger charge is 2.50. The number of halogens is 1. The third-order valence-electron chi connectivity index (χ3n) is 7.33. The molecule has 1 fully saturated rings. The highest BCUT2D eigenvalue weighted by atomic mass is 32.2. The topological polar surface area (TPSA) is 97.3 Å². The van der Waals surface area contributed by atoms with Crippen molar-refractivity contribution in [3.05, 3.63) is 120 Å². The number of alkyl halides is 1. The van der Waals surface area contributed by atoms with E-state index in [-0.39, 0.29) is 16.8 Å². The summed E-state index contributed by atoms with van der Waals surface area (Å²) in [6, 6.07) is 29.8. The number of imidazole rings is 1. The molecule has 4 unspecified atom stereocenters. The molecule has 1 aliphatic rings. The van der Waals surface area contributed by atoms with Gasteiger partial charge < -0.3 is 19.9 Å². The molecule has 214 valence electrons. The predicted octanol–water partition coefficient (Wildman–Crippen LogP) is 5.69. The maximum atomic E-state index is 16.3. The third kappa shape index (κ3) is 5.13. The van der Waals surface area contributed by atoms with Gasteiger partial charge in [0, 0.05) is 0 Å². The predicted molar refractivity (Wildman–Crippen MR) is 165 cm³/mol. The number of aromatic nitrogens is 4. The van der Waals surface area contributed by atoms with E-state index in [1.165, 1.54) is 29.0 Å². The molecule has 1 aliphatic heterocycles. The van der Waals surface area contributed by atoms with Crippen LogP contribution in [0.1, 0.15) is 22.9 Å². The first kappa shape index (κ1) is 28.2. The Balaban J connectivity index is 1.40. The summed E-state index contributed by atoms with van der Waals surface area (Å²) in [5.41, 5.74) is 8.42. The molecule has 0 radical (unpaired) electrons. The average Bonchev–Trinajstić information content (AvgIpc) is 3.60. The van der Waals surface area contributed by atoms with E-state index in [4.69, 9.17) is 32.2 Å². The first-order chi connectivity index (χ1) is 20.5. The van der Waals surface area contributed by atoms with Crippen molar-refractivity contribution in [3.63, 3.8) is 0 Å². The second-order valence-corrected chi connectivity index (χ2v) is 11.1. The first-order valence-corrected chi connectivity index (χ1v) is 14.9. The lowest BCUT2D eigenvalue weighted by atomic mass is 9.80. The van der Waals surface area contributed by atoms with Crippen LogP contribution in [0, 0.1) is 0 Å². The summed E-state index contributed by atoms with van der Waals surface area (Å²) in [7, 11) is 0. The fraction of sp³-hybridized carbons (Fsp3) is 0.226. The quantitative estimate of drug-likeness (QED) is 0.178. The van der Waals surface area contributed by atoms with E-state index in [0.717, 1.165) is 16.7 Å². The summed E-state index contributed by atoms with van der Waals surface area (Å²) in [5, 5.41) is 0. The number of nitrogen functional groups attached to an aromatic ring is 1. The molecule has 4 atom stereocenters.